The van der Waals surface area contributed by atoms with Crippen LogP contribution in [0, 0.1) is 0 Å². The first-order chi connectivity index (χ1) is 19.3. The van der Waals surface area contributed by atoms with Gasteiger partial charge < -0.3 is 20.1 Å². The van der Waals surface area contributed by atoms with Gasteiger partial charge in [-0.3, -0.25) is 9.59 Å². The Morgan fingerprint density at radius 2 is 0.950 bits per heavy atom. The van der Waals surface area contributed by atoms with Gasteiger partial charge in [-0.05, 0) is 74.6 Å². The van der Waals surface area contributed by atoms with Crippen molar-refractivity contribution in [3.05, 3.63) is 59.7 Å². The van der Waals surface area contributed by atoms with Crippen LogP contribution in [0.15, 0.2) is 48.5 Å². The van der Waals surface area contributed by atoms with Crippen molar-refractivity contribution in [1.29, 1.82) is 0 Å². The minimum Gasteiger partial charge on any atom is -0.481 e. The number of carbonyl (C=O) groups is 2. The van der Waals surface area contributed by atoms with E-state index in [1.807, 2.05) is 36.4 Å². The summed E-state index contributed by atoms with van der Waals surface area (Å²) in [5, 5.41) is 6.01. The largest absolute Gasteiger partial charge is 0.481 e. The lowest BCUT2D eigenvalue weighted by atomic mass is 9.98. The van der Waals surface area contributed by atoms with Gasteiger partial charge in [0.2, 0.25) is 0 Å². The predicted octanol–water partition coefficient (Wildman–Crippen LogP) is 7.52. The average Bonchev–Trinajstić information content (AvgIpc) is 2.97. The molecule has 0 aliphatic rings. The van der Waals surface area contributed by atoms with E-state index in [1.54, 1.807) is 13.8 Å². The third-order valence-electron chi connectivity index (χ3n) is 7.67. The molecular formula is C34H52N2O4. The van der Waals surface area contributed by atoms with Crippen molar-refractivity contribution >= 4 is 11.8 Å². The normalized spacial score (nSPS) is 14.1. The molecule has 0 saturated heterocycles. The molecule has 0 aliphatic carbocycles. The molecule has 4 atom stereocenters. The maximum absolute atomic E-state index is 12.5. The van der Waals surface area contributed by atoms with Crippen LogP contribution in [-0.4, -0.2) is 37.1 Å². The van der Waals surface area contributed by atoms with Crippen LogP contribution in [0.5, 0.6) is 11.5 Å². The van der Waals surface area contributed by atoms with Gasteiger partial charge in [0.15, 0.2) is 12.2 Å². The lowest BCUT2D eigenvalue weighted by molar-refractivity contribution is -0.127. The Labute approximate surface area is 242 Å². The summed E-state index contributed by atoms with van der Waals surface area (Å²) in [4.78, 5) is 25.0. The molecule has 0 bridgehead atoms. The van der Waals surface area contributed by atoms with E-state index in [-0.39, 0.29) is 11.8 Å². The monoisotopic (exact) mass is 552 g/mol. The molecule has 2 aromatic carbocycles. The van der Waals surface area contributed by atoms with Gasteiger partial charge in [-0.1, -0.05) is 89.8 Å². The second-order valence-corrected chi connectivity index (χ2v) is 10.9. The topological polar surface area (TPSA) is 76.7 Å². The van der Waals surface area contributed by atoms with Crippen LogP contribution < -0.4 is 20.1 Å². The van der Waals surface area contributed by atoms with Crippen molar-refractivity contribution in [1.82, 2.24) is 10.6 Å². The van der Waals surface area contributed by atoms with Gasteiger partial charge in [0.1, 0.15) is 11.5 Å². The number of unbranched alkanes of at least 4 members (excludes halogenated alkanes) is 5. The number of rotatable bonds is 19. The summed E-state index contributed by atoms with van der Waals surface area (Å²) in [5.74, 6) is 2.23. The first-order valence-corrected chi connectivity index (χ1v) is 15.3. The first-order valence-electron chi connectivity index (χ1n) is 15.3. The summed E-state index contributed by atoms with van der Waals surface area (Å²) < 4.78 is 12.0. The molecule has 6 heteroatoms. The molecule has 4 unspecified atom stereocenters. The van der Waals surface area contributed by atoms with E-state index in [0.717, 1.165) is 74.0 Å². The van der Waals surface area contributed by atoms with Crippen LogP contribution in [0.3, 0.4) is 0 Å². The summed E-state index contributed by atoms with van der Waals surface area (Å²) in [6.07, 6.45) is 7.27. The third-order valence-corrected chi connectivity index (χ3v) is 7.67. The molecule has 6 nitrogen and oxygen atoms in total. The van der Waals surface area contributed by atoms with Crippen LogP contribution in [0.1, 0.15) is 116 Å². The molecule has 222 valence electrons. The summed E-state index contributed by atoms with van der Waals surface area (Å²) in [7, 11) is 0. The zero-order valence-electron chi connectivity index (χ0n) is 25.6. The quantitative estimate of drug-likeness (QED) is 0.177. The Hall–Kier alpha value is -3.02. The maximum Gasteiger partial charge on any atom is 0.260 e. The molecule has 0 aliphatic heterocycles. The summed E-state index contributed by atoms with van der Waals surface area (Å²) in [6, 6.07) is 16.0. The van der Waals surface area contributed by atoms with E-state index in [4.69, 9.17) is 9.47 Å². The molecule has 0 spiro atoms. The minimum atomic E-state index is -0.525. The second-order valence-electron chi connectivity index (χ2n) is 10.9. The van der Waals surface area contributed by atoms with Crippen LogP contribution in [0.25, 0.3) is 0 Å². The Morgan fingerprint density at radius 1 is 0.600 bits per heavy atom. The number of benzene rings is 2. The van der Waals surface area contributed by atoms with Crippen molar-refractivity contribution in [3.8, 4) is 11.5 Å². The average molecular weight is 553 g/mol. The van der Waals surface area contributed by atoms with Crippen LogP contribution in [0.4, 0.5) is 0 Å². The SMILES string of the molecule is CCC(C)c1ccccc1OC(C)C(=O)NCCCCCCCCNC(=O)C(C)Oc1ccccc1C(C)CC. The molecular weight excluding hydrogens is 500 g/mol. The fourth-order valence-corrected chi connectivity index (χ4v) is 4.59. The number of amides is 2. The van der Waals surface area contributed by atoms with Crippen molar-refractivity contribution in [2.75, 3.05) is 13.1 Å². The van der Waals surface area contributed by atoms with Crippen molar-refractivity contribution in [3.63, 3.8) is 0 Å². The van der Waals surface area contributed by atoms with Crippen LogP contribution >= 0.6 is 0 Å². The molecule has 2 aromatic rings. The Bertz CT molecular complexity index is 943. The highest BCUT2D eigenvalue weighted by molar-refractivity contribution is 5.81. The fraction of sp³-hybridized carbons (Fsp3) is 0.588. The lowest BCUT2D eigenvalue weighted by Crippen LogP contribution is -2.37. The fourth-order valence-electron chi connectivity index (χ4n) is 4.59. The number of ether oxygens (including phenoxy) is 2. The highest BCUT2D eigenvalue weighted by Crippen LogP contribution is 2.30. The Kier molecular flexibility index (Phi) is 15.2. The van der Waals surface area contributed by atoms with Gasteiger partial charge >= 0.3 is 0 Å². The van der Waals surface area contributed by atoms with Crippen molar-refractivity contribution in [2.45, 2.75) is 117 Å². The Morgan fingerprint density at radius 3 is 1.32 bits per heavy atom. The van der Waals surface area contributed by atoms with Crippen molar-refractivity contribution < 1.29 is 19.1 Å². The van der Waals surface area contributed by atoms with E-state index in [0.29, 0.717) is 24.9 Å². The smallest absolute Gasteiger partial charge is 0.260 e. The molecule has 2 amide bonds. The van der Waals surface area contributed by atoms with Crippen LogP contribution in [0.2, 0.25) is 0 Å². The van der Waals surface area contributed by atoms with E-state index >= 15 is 0 Å². The van der Waals surface area contributed by atoms with E-state index < -0.39 is 12.2 Å². The molecule has 0 saturated carbocycles. The molecule has 0 heterocycles. The van der Waals surface area contributed by atoms with Gasteiger partial charge in [-0.15, -0.1) is 0 Å². The van der Waals surface area contributed by atoms with Gasteiger partial charge in [-0.25, -0.2) is 0 Å². The maximum atomic E-state index is 12.5. The zero-order valence-corrected chi connectivity index (χ0v) is 25.6. The van der Waals surface area contributed by atoms with Gasteiger partial charge in [0.25, 0.3) is 11.8 Å². The first kappa shape index (κ1) is 33.2. The number of carbonyl (C=O) groups excluding carboxylic acids is 2. The zero-order chi connectivity index (χ0) is 29.3. The van der Waals surface area contributed by atoms with E-state index in [1.165, 1.54) is 0 Å². The van der Waals surface area contributed by atoms with E-state index in [9.17, 15) is 9.59 Å². The standard InChI is InChI=1S/C34H52N2O4/c1-7-25(3)29-19-13-15-21-31(29)39-27(5)33(37)35-23-17-11-9-10-12-18-24-36-34(38)28(6)40-32-22-16-14-20-30(32)26(4)8-2/h13-16,19-22,25-28H,7-12,17-18,23-24H2,1-6H3,(H,35,37)(H,36,38). The molecule has 0 aromatic heterocycles. The summed E-state index contributed by atoms with van der Waals surface area (Å²) in [6.45, 7) is 13.6. The second kappa shape index (κ2) is 18.4. The molecule has 40 heavy (non-hydrogen) atoms. The van der Waals surface area contributed by atoms with Crippen LogP contribution in [-0.2, 0) is 9.59 Å². The highest BCUT2D eigenvalue weighted by atomic mass is 16.5. The number of hydrogen-bond donors (Lipinski definition) is 2. The molecule has 0 fully saturated rings. The Balaban J connectivity index is 1.54. The van der Waals surface area contributed by atoms with Gasteiger partial charge in [0.05, 0.1) is 0 Å². The molecule has 2 N–H and O–H groups in total. The van der Waals surface area contributed by atoms with Crippen molar-refractivity contribution in [2.24, 2.45) is 0 Å². The summed E-state index contributed by atoms with van der Waals surface area (Å²) >= 11 is 0. The predicted molar refractivity (Wildman–Crippen MR) is 164 cm³/mol. The number of hydrogen-bond acceptors (Lipinski definition) is 4. The number of nitrogens with one attached hydrogen (secondary N) is 2. The number of para-hydroxylation sites is 2. The lowest BCUT2D eigenvalue weighted by Gasteiger charge is -2.19. The highest BCUT2D eigenvalue weighted by Gasteiger charge is 2.18. The van der Waals surface area contributed by atoms with E-state index in [2.05, 4.69) is 50.5 Å². The molecule has 2 rings (SSSR count). The molecule has 0 radical (unpaired) electrons. The summed E-state index contributed by atoms with van der Waals surface area (Å²) in [5.41, 5.74) is 2.30. The van der Waals surface area contributed by atoms with Gasteiger partial charge in [-0.2, -0.15) is 0 Å². The third kappa shape index (κ3) is 11.2. The van der Waals surface area contributed by atoms with Gasteiger partial charge in [0, 0.05) is 13.1 Å². The minimum absolute atomic E-state index is 0.0729.